The molecule has 0 radical (unpaired) electrons. The predicted molar refractivity (Wildman–Crippen MR) is 110 cm³/mol. The summed E-state index contributed by atoms with van der Waals surface area (Å²) >= 11 is 0. The van der Waals surface area contributed by atoms with Crippen LogP contribution in [0, 0.1) is 17.9 Å². The number of nitriles is 1. The Labute approximate surface area is 162 Å². The molecule has 7 aromatic rings. The van der Waals surface area contributed by atoms with Crippen LogP contribution in [0.3, 0.4) is 0 Å². The first-order chi connectivity index (χ1) is 14.3. The third kappa shape index (κ3) is 1.54. The SMILES string of the molecule is [C-]#[N+]c1ccc2c(c1)nc1n2c2cccc3c2n1c1nc2cc(C#N)ccc2n31. The van der Waals surface area contributed by atoms with Gasteiger partial charge in [-0.25, -0.2) is 19.2 Å². The third-order valence-electron chi connectivity index (χ3n) is 5.61. The molecule has 0 aliphatic heterocycles. The van der Waals surface area contributed by atoms with E-state index in [0.29, 0.717) is 11.3 Å². The van der Waals surface area contributed by atoms with Crippen molar-refractivity contribution in [1.82, 2.24) is 23.2 Å². The van der Waals surface area contributed by atoms with Gasteiger partial charge in [0, 0.05) is 0 Å². The minimum Gasteiger partial charge on any atom is -0.276 e. The number of fused-ring (bicyclic) bond motifs is 10. The molecule has 0 spiro atoms. The normalized spacial score (nSPS) is 12.1. The molecule has 4 aromatic heterocycles. The highest BCUT2D eigenvalue weighted by molar-refractivity contribution is 6.03. The summed E-state index contributed by atoms with van der Waals surface area (Å²) in [4.78, 5) is 13.2. The van der Waals surface area contributed by atoms with E-state index in [9.17, 15) is 5.26 Å². The Kier molecular flexibility index (Phi) is 2.30. The van der Waals surface area contributed by atoms with Crippen LogP contribution in [0.25, 0.3) is 55.0 Å². The molecule has 0 bridgehead atoms. The summed E-state index contributed by atoms with van der Waals surface area (Å²) in [5, 5.41) is 9.23. The van der Waals surface area contributed by atoms with Gasteiger partial charge in [-0.3, -0.25) is 8.80 Å². The van der Waals surface area contributed by atoms with E-state index in [1.807, 2.05) is 42.5 Å². The van der Waals surface area contributed by atoms with Crippen molar-refractivity contribution in [3.05, 3.63) is 71.6 Å². The maximum atomic E-state index is 9.23. The van der Waals surface area contributed by atoms with Crippen LogP contribution in [0.2, 0.25) is 0 Å². The summed E-state index contributed by atoms with van der Waals surface area (Å²) < 4.78 is 6.29. The number of para-hydroxylation sites is 1. The summed E-state index contributed by atoms with van der Waals surface area (Å²) in [6.45, 7) is 7.28. The second-order valence-corrected chi connectivity index (χ2v) is 7.07. The van der Waals surface area contributed by atoms with Gasteiger partial charge in [-0.15, -0.1) is 0 Å². The Hall–Kier alpha value is -4.62. The summed E-state index contributed by atoms with van der Waals surface area (Å²) in [5.74, 6) is 1.52. The highest BCUT2D eigenvalue weighted by Crippen LogP contribution is 2.34. The Bertz CT molecular complexity index is 1750. The van der Waals surface area contributed by atoms with Gasteiger partial charge in [0.1, 0.15) is 5.52 Å². The average molecular weight is 371 g/mol. The van der Waals surface area contributed by atoms with Crippen molar-refractivity contribution < 1.29 is 0 Å². The van der Waals surface area contributed by atoms with Crippen LogP contribution in [0.4, 0.5) is 5.69 Å². The fourth-order valence-corrected chi connectivity index (χ4v) is 4.44. The third-order valence-corrected chi connectivity index (χ3v) is 5.61. The Morgan fingerprint density at radius 1 is 0.793 bits per heavy atom. The fraction of sp³-hybridized carbons (Fsp3) is 0. The fourth-order valence-electron chi connectivity index (χ4n) is 4.44. The zero-order valence-corrected chi connectivity index (χ0v) is 14.8. The molecule has 0 saturated heterocycles. The van der Waals surface area contributed by atoms with Gasteiger partial charge in [0.2, 0.25) is 11.6 Å². The first-order valence-electron chi connectivity index (χ1n) is 9.05. The van der Waals surface area contributed by atoms with Gasteiger partial charge in [0.15, 0.2) is 5.69 Å². The van der Waals surface area contributed by atoms with Crippen molar-refractivity contribution in [3.8, 4) is 6.07 Å². The zero-order chi connectivity index (χ0) is 19.3. The molecule has 0 atom stereocenters. The van der Waals surface area contributed by atoms with Gasteiger partial charge >= 0.3 is 0 Å². The summed E-state index contributed by atoms with van der Waals surface area (Å²) in [6.07, 6.45) is 0. The van der Waals surface area contributed by atoms with Crippen LogP contribution in [-0.2, 0) is 0 Å². The van der Waals surface area contributed by atoms with Gasteiger partial charge in [-0.1, -0.05) is 12.1 Å². The second-order valence-electron chi connectivity index (χ2n) is 7.07. The number of rotatable bonds is 0. The summed E-state index contributed by atoms with van der Waals surface area (Å²) in [5.41, 5.74) is 7.78. The maximum absolute atomic E-state index is 9.23. The lowest BCUT2D eigenvalue weighted by molar-refractivity contribution is 1.15. The smallest absolute Gasteiger partial charge is 0.223 e. The lowest BCUT2D eigenvalue weighted by Gasteiger charge is -1.97. The molecular formula is C22H9N7. The topological polar surface area (TPSA) is 67.2 Å². The van der Waals surface area contributed by atoms with E-state index in [-0.39, 0.29) is 0 Å². The number of aromatic nitrogens is 5. The summed E-state index contributed by atoms with van der Waals surface area (Å²) in [6, 6.07) is 19.5. The molecule has 0 amide bonds. The van der Waals surface area contributed by atoms with Crippen LogP contribution >= 0.6 is 0 Å². The van der Waals surface area contributed by atoms with Crippen molar-refractivity contribution in [2.75, 3.05) is 0 Å². The Morgan fingerprint density at radius 2 is 1.45 bits per heavy atom. The molecule has 0 aliphatic rings. The van der Waals surface area contributed by atoms with Crippen molar-refractivity contribution in [2.45, 2.75) is 0 Å². The first kappa shape index (κ1) is 14.4. The van der Waals surface area contributed by atoms with E-state index in [4.69, 9.17) is 16.5 Å². The molecule has 4 heterocycles. The van der Waals surface area contributed by atoms with Crippen LogP contribution in [-0.4, -0.2) is 23.2 Å². The van der Waals surface area contributed by atoms with Crippen molar-refractivity contribution in [3.63, 3.8) is 0 Å². The predicted octanol–water partition coefficient (Wildman–Crippen LogP) is 4.55. The highest BCUT2D eigenvalue weighted by atomic mass is 15.3. The van der Waals surface area contributed by atoms with Gasteiger partial charge in [0.25, 0.3) is 0 Å². The van der Waals surface area contributed by atoms with Gasteiger partial charge in [-0.2, -0.15) is 5.26 Å². The van der Waals surface area contributed by atoms with Crippen molar-refractivity contribution in [2.24, 2.45) is 0 Å². The minimum absolute atomic E-state index is 0.570. The number of hydrogen-bond donors (Lipinski definition) is 0. The molecule has 0 aliphatic carbocycles. The molecule has 7 rings (SSSR count). The number of benzene rings is 3. The van der Waals surface area contributed by atoms with Crippen LogP contribution in [0.15, 0.2) is 54.6 Å². The Morgan fingerprint density at radius 3 is 2.10 bits per heavy atom. The van der Waals surface area contributed by atoms with Gasteiger partial charge < -0.3 is 0 Å². The molecule has 0 N–H and O–H groups in total. The first-order valence-corrected chi connectivity index (χ1v) is 9.05. The van der Waals surface area contributed by atoms with Crippen LogP contribution in [0.1, 0.15) is 5.56 Å². The monoisotopic (exact) mass is 371 g/mol. The van der Waals surface area contributed by atoms with Crippen molar-refractivity contribution in [1.29, 1.82) is 5.26 Å². The van der Waals surface area contributed by atoms with E-state index in [1.54, 1.807) is 0 Å². The molecule has 0 fully saturated rings. The molecule has 0 saturated carbocycles. The van der Waals surface area contributed by atoms with Gasteiger partial charge in [-0.05, 0) is 42.5 Å². The lowest BCUT2D eigenvalue weighted by atomic mass is 10.2. The highest BCUT2D eigenvalue weighted by Gasteiger charge is 2.23. The maximum Gasteiger partial charge on any atom is 0.223 e. The molecule has 7 heteroatoms. The second kappa shape index (κ2) is 4.61. The molecule has 3 aromatic carbocycles. The molecule has 29 heavy (non-hydrogen) atoms. The van der Waals surface area contributed by atoms with Gasteiger partial charge in [0.05, 0.1) is 51.3 Å². The average Bonchev–Trinajstić information content (AvgIpc) is 3.46. The summed E-state index contributed by atoms with van der Waals surface area (Å²) in [7, 11) is 0. The molecule has 0 unspecified atom stereocenters. The van der Waals surface area contributed by atoms with E-state index in [0.717, 1.165) is 50.2 Å². The molecule has 7 nitrogen and oxygen atoms in total. The molecular weight excluding hydrogens is 362 g/mol. The number of hydrogen-bond acceptors (Lipinski definition) is 3. The largest absolute Gasteiger partial charge is 0.276 e. The van der Waals surface area contributed by atoms with E-state index in [2.05, 4.69) is 36.2 Å². The molecule has 132 valence electrons. The number of imidazole rings is 4. The van der Waals surface area contributed by atoms with Crippen LogP contribution in [0.5, 0.6) is 0 Å². The lowest BCUT2D eigenvalue weighted by Crippen LogP contribution is -1.87. The van der Waals surface area contributed by atoms with Crippen LogP contribution < -0.4 is 0 Å². The number of nitrogens with zero attached hydrogens (tertiary/aromatic N) is 7. The standard InChI is InChI=1S/C22H9N7/c1-24-13-6-8-17-15(10-13)26-22-28(17)19-4-2-3-18-20(19)29(22)21-25-14-9-12(11-23)5-7-16(14)27(18)21/h2-10H. The van der Waals surface area contributed by atoms with E-state index < -0.39 is 0 Å². The zero-order valence-electron chi connectivity index (χ0n) is 14.8. The Balaban J connectivity index is 1.78. The minimum atomic E-state index is 0.570. The van der Waals surface area contributed by atoms with E-state index in [1.165, 1.54) is 0 Å². The van der Waals surface area contributed by atoms with Crippen molar-refractivity contribution >= 4 is 55.9 Å². The quantitative estimate of drug-likeness (QED) is 0.367. The van der Waals surface area contributed by atoms with E-state index >= 15 is 0 Å².